The molecule has 0 aliphatic carbocycles. The van der Waals surface area contributed by atoms with Crippen LogP contribution in [0.15, 0.2) is 49.2 Å². The summed E-state index contributed by atoms with van der Waals surface area (Å²) in [6, 6.07) is 6.37. The fourth-order valence-corrected chi connectivity index (χ4v) is 3.77. The van der Waals surface area contributed by atoms with Gasteiger partial charge in [0.2, 0.25) is 5.95 Å². The van der Waals surface area contributed by atoms with E-state index < -0.39 is 12.0 Å². The summed E-state index contributed by atoms with van der Waals surface area (Å²) < 4.78 is 15.4. The number of hydrogen-bond acceptors (Lipinski definition) is 7. The molecule has 0 radical (unpaired) electrons. The van der Waals surface area contributed by atoms with Crippen molar-refractivity contribution in [2.75, 3.05) is 10.2 Å². The maximum Gasteiger partial charge on any atom is 0.237 e. The van der Waals surface area contributed by atoms with Crippen LogP contribution in [0.4, 0.5) is 15.9 Å². The zero-order chi connectivity index (χ0) is 20.8. The summed E-state index contributed by atoms with van der Waals surface area (Å²) >= 11 is 5.95. The molecule has 0 spiro atoms. The van der Waals surface area contributed by atoms with Crippen LogP contribution in [0.2, 0.25) is 5.02 Å². The first-order chi connectivity index (χ1) is 14.6. The van der Waals surface area contributed by atoms with Crippen molar-refractivity contribution in [2.45, 2.75) is 19.1 Å². The lowest BCUT2D eigenvalue weighted by molar-refractivity contribution is -0.108. The van der Waals surface area contributed by atoms with Crippen molar-refractivity contribution < 1.29 is 9.18 Å². The van der Waals surface area contributed by atoms with Gasteiger partial charge in [-0.1, -0.05) is 17.7 Å². The number of anilines is 2. The highest BCUT2D eigenvalue weighted by atomic mass is 35.5. The van der Waals surface area contributed by atoms with Gasteiger partial charge in [-0.15, -0.1) is 0 Å². The van der Waals surface area contributed by atoms with E-state index in [4.69, 9.17) is 11.6 Å². The van der Waals surface area contributed by atoms with E-state index in [-0.39, 0.29) is 11.1 Å². The molecule has 8 nitrogen and oxygen atoms in total. The molecule has 30 heavy (non-hydrogen) atoms. The van der Waals surface area contributed by atoms with Crippen LogP contribution in [0.3, 0.4) is 0 Å². The zero-order valence-corrected chi connectivity index (χ0v) is 16.5. The monoisotopic (exact) mass is 423 g/mol. The first-order valence-electron chi connectivity index (χ1n) is 9.16. The second kappa shape index (κ2) is 7.03. The number of nitrogens with one attached hydrogen (secondary N) is 1. The number of carbonyl (C=O) groups excluding carboxylic acids is 1. The van der Waals surface area contributed by atoms with Crippen LogP contribution < -0.4 is 10.2 Å². The smallest absolute Gasteiger partial charge is 0.237 e. The van der Waals surface area contributed by atoms with Crippen LogP contribution in [-0.2, 0) is 4.79 Å². The number of aromatic nitrogens is 5. The number of carbonyl (C=O) groups is 1. The third-order valence-corrected chi connectivity index (χ3v) is 5.41. The van der Waals surface area contributed by atoms with Crippen LogP contribution in [0.1, 0.15) is 18.5 Å². The van der Waals surface area contributed by atoms with Crippen molar-refractivity contribution in [1.82, 2.24) is 24.5 Å². The highest BCUT2D eigenvalue weighted by molar-refractivity contribution is 6.31. The molecule has 2 unspecified atom stereocenters. The number of fused-ring (bicyclic) bond motifs is 2. The average Bonchev–Trinajstić information content (AvgIpc) is 3.34. The molecule has 1 aliphatic rings. The Kier molecular flexibility index (Phi) is 4.32. The van der Waals surface area contributed by atoms with E-state index in [1.165, 1.54) is 18.5 Å². The lowest BCUT2D eigenvalue weighted by Crippen LogP contribution is -2.39. The van der Waals surface area contributed by atoms with Gasteiger partial charge in [0.1, 0.15) is 12.1 Å². The van der Waals surface area contributed by atoms with Gasteiger partial charge in [0.05, 0.1) is 34.0 Å². The standard InChI is InChI=1S/C20H15ClFN7O/c1-11(12-3-2-4-23-7-12)29-18(9-30)26-16-8-24-20(27-19(16)29)28-10-25-15-6-14(22)13(21)5-17(15)28/h2-11,18,26H,1H3. The van der Waals surface area contributed by atoms with Gasteiger partial charge in [-0.3, -0.25) is 14.3 Å². The fraction of sp³-hybridized carbons (Fsp3) is 0.150. The van der Waals surface area contributed by atoms with E-state index in [1.807, 2.05) is 24.0 Å². The number of aldehydes is 1. The third-order valence-electron chi connectivity index (χ3n) is 5.12. The maximum absolute atomic E-state index is 13.8. The molecule has 0 amide bonds. The minimum Gasteiger partial charge on any atom is -0.355 e. The first-order valence-corrected chi connectivity index (χ1v) is 9.54. The van der Waals surface area contributed by atoms with Crippen molar-refractivity contribution in [3.8, 4) is 5.95 Å². The van der Waals surface area contributed by atoms with Crippen LogP contribution in [0, 0.1) is 5.82 Å². The summed E-state index contributed by atoms with van der Waals surface area (Å²) in [5.74, 6) is 0.359. The second-order valence-corrected chi connectivity index (χ2v) is 7.28. The highest BCUT2D eigenvalue weighted by Crippen LogP contribution is 2.38. The van der Waals surface area contributed by atoms with Crippen LogP contribution in [0.5, 0.6) is 0 Å². The molecule has 10 heteroatoms. The molecule has 1 aromatic carbocycles. The van der Waals surface area contributed by atoms with E-state index >= 15 is 0 Å². The summed E-state index contributed by atoms with van der Waals surface area (Å²) in [5.41, 5.74) is 2.59. The van der Waals surface area contributed by atoms with Gasteiger partial charge in [-0.05, 0) is 24.6 Å². The lowest BCUT2D eigenvalue weighted by atomic mass is 10.1. The third kappa shape index (κ3) is 2.86. The average molecular weight is 424 g/mol. The van der Waals surface area contributed by atoms with Gasteiger partial charge >= 0.3 is 0 Å². The Bertz CT molecular complexity index is 1260. The molecular formula is C20H15ClFN7O. The van der Waals surface area contributed by atoms with Crippen molar-refractivity contribution in [1.29, 1.82) is 0 Å². The molecule has 4 aromatic rings. The van der Waals surface area contributed by atoms with Crippen molar-refractivity contribution in [2.24, 2.45) is 0 Å². The predicted octanol–water partition coefficient (Wildman–Crippen LogP) is 3.52. The number of hydrogen-bond donors (Lipinski definition) is 1. The molecule has 0 fully saturated rings. The predicted molar refractivity (Wildman–Crippen MR) is 110 cm³/mol. The maximum atomic E-state index is 13.8. The van der Waals surface area contributed by atoms with E-state index in [9.17, 15) is 9.18 Å². The number of imidazole rings is 1. The van der Waals surface area contributed by atoms with Gasteiger partial charge in [0, 0.05) is 18.5 Å². The first kappa shape index (κ1) is 18.4. The summed E-state index contributed by atoms with van der Waals surface area (Å²) in [6.45, 7) is 1.97. The Balaban J connectivity index is 1.61. The van der Waals surface area contributed by atoms with Crippen molar-refractivity contribution in [3.05, 3.63) is 65.6 Å². The van der Waals surface area contributed by atoms with Gasteiger partial charge in [0.25, 0.3) is 0 Å². The van der Waals surface area contributed by atoms with E-state index in [1.54, 1.807) is 23.2 Å². The fourth-order valence-electron chi connectivity index (χ4n) is 3.61. The highest BCUT2D eigenvalue weighted by Gasteiger charge is 2.35. The Labute approximate surface area is 175 Å². The molecule has 0 saturated carbocycles. The van der Waals surface area contributed by atoms with Gasteiger partial charge in [-0.2, -0.15) is 4.98 Å². The number of benzene rings is 1. The van der Waals surface area contributed by atoms with Crippen molar-refractivity contribution in [3.63, 3.8) is 0 Å². The van der Waals surface area contributed by atoms with Gasteiger partial charge in [0.15, 0.2) is 18.3 Å². The van der Waals surface area contributed by atoms with E-state index in [2.05, 4.69) is 25.3 Å². The molecule has 0 bridgehead atoms. The SMILES string of the molecule is CC(c1cccnc1)N1c2nc(-n3cnc4cc(F)c(Cl)cc43)ncc2NC1C=O. The number of pyridine rings is 1. The second-order valence-electron chi connectivity index (χ2n) is 6.87. The summed E-state index contributed by atoms with van der Waals surface area (Å²) in [5, 5.41) is 3.11. The number of halogens is 2. The van der Waals surface area contributed by atoms with Crippen LogP contribution in [0.25, 0.3) is 17.0 Å². The quantitative estimate of drug-likeness (QED) is 0.502. The number of nitrogens with zero attached hydrogens (tertiary/aromatic N) is 6. The molecular weight excluding hydrogens is 409 g/mol. The molecule has 0 saturated heterocycles. The zero-order valence-electron chi connectivity index (χ0n) is 15.7. The van der Waals surface area contributed by atoms with Crippen LogP contribution >= 0.6 is 11.6 Å². The minimum absolute atomic E-state index is 0.0140. The normalized spacial score (nSPS) is 16.4. The summed E-state index contributed by atoms with van der Waals surface area (Å²) in [4.78, 5) is 31.1. The minimum atomic E-state index is -0.595. The topological polar surface area (TPSA) is 88.8 Å². The summed E-state index contributed by atoms with van der Waals surface area (Å²) in [7, 11) is 0. The largest absolute Gasteiger partial charge is 0.355 e. The Hall–Kier alpha value is -3.59. The Morgan fingerprint density at radius 1 is 1.30 bits per heavy atom. The molecule has 1 N–H and O–H groups in total. The van der Waals surface area contributed by atoms with E-state index in [0.717, 1.165) is 11.8 Å². The van der Waals surface area contributed by atoms with E-state index in [0.29, 0.717) is 28.5 Å². The molecule has 4 heterocycles. The molecule has 3 aromatic heterocycles. The lowest BCUT2D eigenvalue weighted by Gasteiger charge is -2.29. The number of rotatable bonds is 4. The molecule has 5 rings (SSSR count). The Morgan fingerprint density at radius 3 is 2.93 bits per heavy atom. The Morgan fingerprint density at radius 2 is 2.17 bits per heavy atom. The van der Waals surface area contributed by atoms with Crippen LogP contribution in [-0.4, -0.2) is 37.0 Å². The van der Waals surface area contributed by atoms with Gasteiger partial charge < -0.3 is 10.2 Å². The molecule has 1 aliphatic heterocycles. The molecule has 150 valence electrons. The van der Waals surface area contributed by atoms with Gasteiger partial charge in [-0.25, -0.2) is 14.4 Å². The molecule has 2 atom stereocenters. The van der Waals surface area contributed by atoms with Crippen molar-refractivity contribution >= 4 is 40.4 Å². The summed E-state index contributed by atoms with van der Waals surface area (Å²) in [6.07, 6.45) is 6.80.